The SMILES string of the molecule is CCCOc1ccc(Cl)cc1NCC1CC2C=CC1C2. The third-order valence-electron chi connectivity index (χ3n) is 4.37. The summed E-state index contributed by atoms with van der Waals surface area (Å²) in [5, 5.41) is 4.30. The fourth-order valence-electron chi connectivity index (χ4n) is 3.35. The quantitative estimate of drug-likeness (QED) is 0.764. The highest BCUT2D eigenvalue weighted by Crippen LogP contribution is 2.43. The number of halogens is 1. The van der Waals surface area contributed by atoms with E-state index < -0.39 is 0 Å². The van der Waals surface area contributed by atoms with Crippen molar-refractivity contribution in [2.24, 2.45) is 17.8 Å². The summed E-state index contributed by atoms with van der Waals surface area (Å²) in [5.74, 6) is 3.26. The summed E-state index contributed by atoms with van der Waals surface area (Å²) in [6.45, 7) is 3.87. The Bertz CT molecular complexity index is 500. The molecule has 3 heteroatoms. The smallest absolute Gasteiger partial charge is 0.142 e. The second kappa shape index (κ2) is 6.09. The van der Waals surface area contributed by atoms with Gasteiger partial charge in [0.2, 0.25) is 0 Å². The molecule has 1 N–H and O–H groups in total. The summed E-state index contributed by atoms with van der Waals surface area (Å²) in [6, 6.07) is 5.81. The third-order valence-corrected chi connectivity index (χ3v) is 4.61. The first kappa shape index (κ1) is 13.8. The van der Waals surface area contributed by atoms with Crippen LogP contribution in [0.15, 0.2) is 30.4 Å². The first-order valence-electron chi connectivity index (χ1n) is 7.61. The largest absolute Gasteiger partial charge is 0.491 e. The Morgan fingerprint density at radius 1 is 1.30 bits per heavy atom. The van der Waals surface area contributed by atoms with Crippen LogP contribution in [0.25, 0.3) is 0 Å². The average molecular weight is 292 g/mol. The van der Waals surface area contributed by atoms with Crippen molar-refractivity contribution in [1.82, 2.24) is 0 Å². The van der Waals surface area contributed by atoms with Crippen molar-refractivity contribution in [2.75, 3.05) is 18.5 Å². The van der Waals surface area contributed by atoms with Crippen molar-refractivity contribution in [1.29, 1.82) is 0 Å². The zero-order chi connectivity index (χ0) is 13.9. The molecule has 0 amide bonds. The number of hydrogen-bond acceptors (Lipinski definition) is 2. The minimum atomic E-state index is 0.743. The molecule has 0 aliphatic heterocycles. The highest BCUT2D eigenvalue weighted by Gasteiger charge is 2.35. The summed E-state index contributed by atoms with van der Waals surface area (Å²) in [5.41, 5.74) is 1.03. The van der Waals surface area contributed by atoms with Crippen LogP contribution in [0.3, 0.4) is 0 Å². The van der Waals surface area contributed by atoms with Gasteiger partial charge in [-0.1, -0.05) is 30.7 Å². The van der Waals surface area contributed by atoms with Crippen LogP contribution in [0.1, 0.15) is 26.2 Å². The summed E-state index contributed by atoms with van der Waals surface area (Å²) in [7, 11) is 0. The van der Waals surface area contributed by atoms with Crippen molar-refractivity contribution in [3.8, 4) is 5.75 Å². The van der Waals surface area contributed by atoms with Crippen LogP contribution >= 0.6 is 11.6 Å². The van der Waals surface area contributed by atoms with Gasteiger partial charge in [-0.3, -0.25) is 0 Å². The standard InChI is InChI=1S/C17H22ClNO/c1-2-7-20-17-6-5-15(18)10-16(17)19-11-14-9-12-3-4-13(14)8-12/h3-6,10,12-14,19H,2,7-9,11H2,1H3. The topological polar surface area (TPSA) is 21.3 Å². The van der Waals surface area contributed by atoms with Gasteiger partial charge >= 0.3 is 0 Å². The first-order valence-corrected chi connectivity index (χ1v) is 7.98. The molecule has 3 rings (SSSR count). The number of ether oxygens (including phenoxy) is 1. The van der Waals surface area contributed by atoms with E-state index in [1.807, 2.05) is 18.2 Å². The molecule has 0 aromatic heterocycles. The molecular weight excluding hydrogens is 270 g/mol. The zero-order valence-electron chi connectivity index (χ0n) is 11.9. The Balaban J connectivity index is 1.63. The second-order valence-electron chi connectivity index (χ2n) is 5.91. The monoisotopic (exact) mass is 291 g/mol. The number of hydrogen-bond donors (Lipinski definition) is 1. The molecule has 2 aliphatic carbocycles. The maximum absolute atomic E-state index is 6.10. The average Bonchev–Trinajstić information content (AvgIpc) is 3.06. The fraction of sp³-hybridized carbons (Fsp3) is 0.529. The lowest BCUT2D eigenvalue weighted by Crippen LogP contribution is -2.18. The number of nitrogens with one attached hydrogen (secondary N) is 1. The van der Waals surface area contributed by atoms with E-state index in [4.69, 9.17) is 16.3 Å². The Hall–Kier alpha value is -1.15. The Morgan fingerprint density at radius 2 is 2.20 bits per heavy atom. The maximum atomic E-state index is 6.10. The van der Waals surface area contributed by atoms with E-state index in [1.54, 1.807) is 0 Å². The molecule has 0 saturated heterocycles. The lowest BCUT2D eigenvalue weighted by Gasteiger charge is -2.20. The van der Waals surface area contributed by atoms with E-state index in [0.29, 0.717) is 0 Å². The van der Waals surface area contributed by atoms with E-state index in [-0.39, 0.29) is 0 Å². The van der Waals surface area contributed by atoms with E-state index in [9.17, 15) is 0 Å². The van der Waals surface area contributed by atoms with Crippen LogP contribution in [0.2, 0.25) is 5.02 Å². The first-order chi connectivity index (χ1) is 9.76. The molecule has 2 nitrogen and oxygen atoms in total. The van der Waals surface area contributed by atoms with Crippen molar-refractivity contribution in [3.05, 3.63) is 35.4 Å². The van der Waals surface area contributed by atoms with Crippen molar-refractivity contribution in [2.45, 2.75) is 26.2 Å². The molecule has 3 unspecified atom stereocenters. The highest BCUT2D eigenvalue weighted by molar-refractivity contribution is 6.30. The molecule has 0 heterocycles. The molecule has 2 bridgehead atoms. The Morgan fingerprint density at radius 3 is 2.90 bits per heavy atom. The van der Waals surface area contributed by atoms with E-state index in [0.717, 1.165) is 53.8 Å². The van der Waals surface area contributed by atoms with Crippen LogP contribution in [-0.2, 0) is 0 Å². The number of anilines is 1. The molecule has 1 aromatic carbocycles. The molecule has 3 atom stereocenters. The molecule has 1 saturated carbocycles. The van der Waals surface area contributed by atoms with E-state index in [1.165, 1.54) is 12.8 Å². The van der Waals surface area contributed by atoms with Gasteiger partial charge in [0.25, 0.3) is 0 Å². The minimum Gasteiger partial charge on any atom is -0.491 e. The molecular formula is C17H22ClNO. The lowest BCUT2D eigenvalue weighted by molar-refractivity contribution is 0.318. The molecule has 0 radical (unpaired) electrons. The van der Waals surface area contributed by atoms with Crippen LogP contribution in [0.5, 0.6) is 5.75 Å². The van der Waals surface area contributed by atoms with Gasteiger partial charge in [-0.15, -0.1) is 0 Å². The highest BCUT2D eigenvalue weighted by atomic mass is 35.5. The van der Waals surface area contributed by atoms with Crippen molar-refractivity contribution in [3.63, 3.8) is 0 Å². The predicted octanol–water partition coefficient (Wildman–Crippen LogP) is 4.75. The van der Waals surface area contributed by atoms with Gasteiger partial charge in [0.1, 0.15) is 5.75 Å². The lowest BCUT2D eigenvalue weighted by atomic mass is 9.93. The minimum absolute atomic E-state index is 0.743. The van der Waals surface area contributed by atoms with Gasteiger partial charge in [0.15, 0.2) is 0 Å². The van der Waals surface area contributed by atoms with E-state index in [2.05, 4.69) is 24.4 Å². The van der Waals surface area contributed by atoms with Gasteiger partial charge in [-0.2, -0.15) is 0 Å². The van der Waals surface area contributed by atoms with Crippen LogP contribution in [-0.4, -0.2) is 13.2 Å². The number of allylic oxidation sites excluding steroid dienone is 2. The third kappa shape index (κ3) is 2.95. The summed E-state index contributed by atoms with van der Waals surface area (Å²) in [4.78, 5) is 0. The predicted molar refractivity (Wildman–Crippen MR) is 84.6 cm³/mol. The van der Waals surface area contributed by atoms with Gasteiger partial charge in [-0.25, -0.2) is 0 Å². The Kier molecular flexibility index (Phi) is 4.21. The molecule has 0 spiro atoms. The zero-order valence-corrected chi connectivity index (χ0v) is 12.7. The van der Waals surface area contributed by atoms with Gasteiger partial charge in [0.05, 0.1) is 12.3 Å². The van der Waals surface area contributed by atoms with Crippen molar-refractivity contribution < 1.29 is 4.74 Å². The van der Waals surface area contributed by atoms with Crippen LogP contribution < -0.4 is 10.1 Å². The van der Waals surface area contributed by atoms with Crippen LogP contribution in [0.4, 0.5) is 5.69 Å². The van der Waals surface area contributed by atoms with Gasteiger partial charge < -0.3 is 10.1 Å². The van der Waals surface area contributed by atoms with Crippen LogP contribution in [0, 0.1) is 17.8 Å². The summed E-state index contributed by atoms with van der Waals surface area (Å²) >= 11 is 6.10. The second-order valence-corrected chi connectivity index (χ2v) is 6.35. The molecule has 108 valence electrons. The molecule has 20 heavy (non-hydrogen) atoms. The number of rotatable bonds is 6. The van der Waals surface area contributed by atoms with E-state index >= 15 is 0 Å². The summed E-state index contributed by atoms with van der Waals surface area (Å²) in [6.07, 6.45) is 8.46. The summed E-state index contributed by atoms with van der Waals surface area (Å²) < 4.78 is 5.78. The Labute approximate surface area is 126 Å². The maximum Gasteiger partial charge on any atom is 0.142 e. The van der Waals surface area contributed by atoms with Gasteiger partial charge in [-0.05, 0) is 55.2 Å². The molecule has 2 aliphatic rings. The molecule has 1 fully saturated rings. The molecule has 1 aromatic rings. The van der Waals surface area contributed by atoms with Gasteiger partial charge in [0, 0.05) is 11.6 Å². The number of fused-ring (bicyclic) bond motifs is 2. The number of benzene rings is 1. The van der Waals surface area contributed by atoms with Crippen molar-refractivity contribution >= 4 is 17.3 Å². The fourth-order valence-corrected chi connectivity index (χ4v) is 3.52. The normalized spacial score (nSPS) is 27.0.